The fraction of sp³-hybridized carbons (Fsp3) is 0.933. The van der Waals surface area contributed by atoms with Crippen LogP contribution in [0.2, 0.25) is 0 Å². The highest BCUT2D eigenvalue weighted by molar-refractivity contribution is 5.84. The second-order valence-electron chi connectivity index (χ2n) is 6.37. The van der Waals surface area contributed by atoms with Crippen LogP contribution in [0.5, 0.6) is 0 Å². The Kier molecular flexibility index (Phi) is 6.43. The molecule has 1 aliphatic heterocycles. The lowest BCUT2D eigenvalue weighted by Gasteiger charge is -2.43. The fourth-order valence-electron chi connectivity index (χ4n) is 2.91. The molecule has 20 heavy (non-hydrogen) atoms. The van der Waals surface area contributed by atoms with Gasteiger partial charge in [-0.25, -0.2) is 0 Å². The molecule has 5 nitrogen and oxygen atoms in total. The zero-order valence-electron chi connectivity index (χ0n) is 13.6. The highest BCUT2D eigenvalue weighted by Gasteiger charge is 2.36. The number of morpholine rings is 1. The number of ether oxygens (including phenoxy) is 1. The van der Waals surface area contributed by atoms with Crippen molar-refractivity contribution in [1.29, 1.82) is 0 Å². The minimum absolute atomic E-state index is 0.247. The minimum Gasteiger partial charge on any atom is -0.376 e. The molecule has 0 saturated carbocycles. The SMILES string of the molecule is CCCNC(C)(CC(C)N1CC(C)OCC1C)C(N)=O. The van der Waals surface area contributed by atoms with Gasteiger partial charge in [0.1, 0.15) is 0 Å². The highest BCUT2D eigenvalue weighted by Crippen LogP contribution is 2.21. The van der Waals surface area contributed by atoms with E-state index in [1.165, 1.54) is 0 Å². The summed E-state index contributed by atoms with van der Waals surface area (Å²) >= 11 is 0. The normalized spacial score (nSPS) is 28.9. The lowest BCUT2D eigenvalue weighted by molar-refractivity contribution is -0.125. The number of nitrogens with zero attached hydrogens (tertiary/aromatic N) is 1. The molecule has 1 amide bonds. The number of amides is 1. The lowest BCUT2D eigenvalue weighted by atomic mass is 9.91. The van der Waals surface area contributed by atoms with Gasteiger partial charge in [0.25, 0.3) is 0 Å². The Hall–Kier alpha value is -0.650. The maximum absolute atomic E-state index is 11.8. The maximum atomic E-state index is 11.8. The first kappa shape index (κ1) is 17.4. The number of primary amides is 1. The molecule has 0 spiro atoms. The summed E-state index contributed by atoms with van der Waals surface area (Å²) in [6.45, 7) is 12.9. The van der Waals surface area contributed by atoms with E-state index >= 15 is 0 Å². The van der Waals surface area contributed by atoms with Crippen LogP contribution in [-0.4, -0.2) is 54.2 Å². The van der Waals surface area contributed by atoms with Gasteiger partial charge in [0.15, 0.2) is 0 Å². The van der Waals surface area contributed by atoms with E-state index in [0.29, 0.717) is 12.1 Å². The molecule has 1 saturated heterocycles. The van der Waals surface area contributed by atoms with Crippen LogP contribution < -0.4 is 11.1 Å². The van der Waals surface area contributed by atoms with Crippen LogP contribution in [0.4, 0.5) is 0 Å². The van der Waals surface area contributed by atoms with Crippen LogP contribution in [-0.2, 0) is 9.53 Å². The Morgan fingerprint density at radius 3 is 2.75 bits per heavy atom. The van der Waals surface area contributed by atoms with E-state index in [1.54, 1.807) is 0 Å². The van der Waals surface area contributed by atoms with Crippen molar-refractivity contribution in [3.8, 4) is 0 Å². The number of rotatable bonds is 7. The predicted molar refractivity (Wildman–Crippen MR) is 81.6 cm³/mol. The number of carbonyl (C=O) groups is 1. The van der Waals surface area contributed by atoms with E-state index in [9.17, 15) is 4.79 Å². The molecule has 1 fully saturated rings. The average molecular weight is 285 g/mol. The first-order valence-corrected chi connectivity index (χ1v) is 7.72. The van der Waals surface area contributed by atoms with Crippen molar-refractivity contribution < 1.29 is 9.53 Å². The highest BCUT2D eigenvalue weighted by atomic mass is 16.5. The van der Waals surface area contributed by atoms with Crippen LogP contribution in [0.25, 0.3) is 0 Å². The molecule has 0 aromatic carbocycles. The molecule has 1 rings (SSSR count). The van der Waals surface area contributed by atoms with Crippen molar-refractivity contribution in [2.75, 3.05) is 19.7 Å². The van der Waals surface area contributed by atoms with Crippen LogP contribution >= 0.6 is 0 Å². The summed E-state index contributed by atoms with van der Waals surface area (Å²) in [7, 11) is 0. The second-order valence-corrected chi connectivity index (χ2v) is 6.37. The molecule has 4 unspecified atom stereocenters. The summed E-state index contributed by atoms with van der Waals surface area (Å²) in [5.41, 5.74) is 4.96. The van der Waals surface area contributed by atoms with Gasteiger partial charge in [0, 0.05) is 18.6 Å². The number of nitrogens with two attached hydrogens (primary N) is 1. The molecule has 0 radical (unpaired) electrons. The Morgan fingerprint density at radius 2 is 2.20 bits per heavy atom. The Bertz CT molecular complexity index is 324. The van der Waals surface area contributed by atoms with Gasteiger partial charge in [-0.2, -0.15) is 0 Å². The molecule has 118 valence electrons. The zero-order valence-corrected chi connectivity index (χ0v) is 13.6. The van der Waals surface area contributed by atoms with Crippen molar-refractivity contribution >= 4 is 5.91 Å². The minimum atomic E-state index is -0.642. The van der Waals surface area contributed by atoms with Crippen LogP contribution in [0, 0.1) is 0 Å². The zero-order chi connectivity index (χ0) is 15.3. The molecule has 5 heteroatoms. The molecule has 0 aromatic rings. The van der Waals surface area contributed by atoms with Crippen molar-refractivity contribution in [2.24, 2.45) is 5.73 Å². The fourth-order valence-corrected chi connectivity index (χ4v) is 2.91. The monoisotopic (exact) mass is 285 g/mol. The molecule has 1 heterocycles. The van der Waals surface area contributed by atoms with E-state index < -0.39 is 5.54 Å². The summed E-state index contributed by atoms with van der Waals surface area (Å²) in [4.78, 5) is 14.2. The quantitative estimate of drug-likeness (QED) is 0.735. The van der Waals surface area contributed by atoms with Crippen LogP contribution in [0.15, 0.2) is 0 Å². The molecular weight excluding hydrogens is 254 g/mol. The van der Waals surface area contributed by atoms with Crippen molar-refractivity contribution in [3.63, 3.8) is 0 Å². The Balaban J connectivity index is 2.69. The van der Waals surface area contributed by atoms with Crippen LogP contribution in [0.3, 0.4) is 0 Å². The number of hydrogen-bond acceptors (Lipinski definition) is 4. The van der Waals surface area contributed by atoms with E-state index in [2.05, 4.69) is 37.9 Å². The summed E-state index contributed by atoms with van der Waals surface area (Å²) in [6.07, 6.45) is 1.96. The van der Waals surface area contributed by atoms with Gasteiger partial charge in [0.2, 0.25) is 5.91 Å². The second kappa shape index (κ2) is 7.38. The summed E-state index contributed by atoms with van der Waals surface area (Å²) in [5, 5.41) is 3.31. The van der Waals surface area contributed by atoms with Gasteiger partial charge in [-0.05, 0) is 47.1 Å². The summed E-state index contributed by atoms with van der Waals surface area (Å²) < 4.78 is 5.66. The maximum Gasteiger partial charge on any atom is 0.237 e. The molecule has 3 N–H and O–H groups in total. The van der Waals surface area contributed by atoms with Gasteiger partial charge in [-0.15, -0.1) is 0 Å². The first-order valence-electron chi connectivity index (χ1n) is 7.72. The van der Waals surface area contributed by atoms with Gasteiger partial charge in [0.05, 0.1) is 18.2 Å². The molecule has 4 atom stereocenters. The molecule has 0 aromatic heterocycles. The topological polar surface area (TPSA) is 67.6 Å². The Morgan fingerprint density at radius 1 is 1.55 bits per heavy atom. The van der Waals surface area contributed by atoms with Gasteiger partial charge >= 0.3 is 0 Å². The summed E-state index contributed by atoms with van der Waals surface area (Å²) in [6, 6.07) is 0.669. The summed E-state index contributed by atoms with van der Waals surface area (Å²) in [5.74, 6) is -0.272. The van der Waals surface area contributed by atoms with E-state index in [0.717, 1.165) is 32.5 Å². The van der Waals surface area contributed by atoms with Crippen molar-refractivity contribution in [3.05, 3.63) is 0 Å². The van der Waals surface area contributed by atoms with E-state index in [4.69, 9.17) is 10.5 Å². The smallest absolute Gasteiger partial charge is 0.237 e. The van der Waals surface area contributed by atoms with Gasteiger partial charge < -0.3 is 15.8 Å². The first-order chi connectivity index (χ1) is 9.30. The van der Waals surface area contributed by atoms with E-state index in [1.807, 2.05) is 6.92 Å². The third-order valence-corrected chi connectivity index (χ3v) is 4.23. The third kappa shape index (κ3) is 4.43. The number of hydrogen-bond donors (Lipinski definition) is 2. The average Bonchev–Trinajstić information content (AvgIpc) is 2.38. The molecule has 1 aliphatic rings. The molecule has 0 aliphatic carbocycles. The Labute approximate surface area is 123 Å². The number of nitrogens with one attached hydrogen (secondary N) is 1. The van der Waals surface area contributed by atoms with Gasteiger partial charge in [-0.1, -0.05) is 6.92 Å². The van der Waals surface area contributed by atoms with E-state index in [-0.39, 0.29) is 12.0 Å². The number of carbonyl (C=O) groups excluding carboxylic acids is 1. The van der Waals surface area contributed by atoms with Crippen molar-refractivity contribution in [1.82, 2.24) is 10.2 Å². The van der Waals surface area contributed by atoms with Gasteiger partial charge in [-0.3, -0.25) is 9.69 Å². The lowest BCUT2D eigenvalue weighted by Crippen LogP contribution is -2.59. The van der Waals surface area contributed by atoms with Crippen LogP contribution in [0.1, 0.15) is 47.5 Å². The molecular formula is C15H31N3O2. The molecule has 0 bridgehead atoms. The largest absolute Gasteiger partial charge is 0.376 e. The standard InChI is InChI=1S/C15H31N3O2/c1-6-7-17-15(5,14(16)19)8-11(2)18-9-13(4)20-10-12(18)3/h11-13,17H,6-10H2,1-5H3,(H2,16,19). The predicted octanol–water partition coefficient (Wildman–Crippen LogP) is 1.12. The third-order valence-electron chi connectivity index (χ3n) is 4.23. The van der Waals surface area contributed by atoms with Crippen molar-refractivity contribution in [2.45, 2.75) is 71.2 Å².